The zero-order valence-electron chi connectivity index (χ0n) is 35.5. The SMILES string of the molecule is CCCCCCCCCCCCCCCCCC(=O)NCCN(CC)C(=O)N(CC)CCNC(=O)CCCCCCCCCCCCCCCCC. The van der Waals surface area contributed by atoms with Crippen LogP contribution in [-0.4, -0.2) is 66.9 Å². The Balaban J connectivity index is 3.78. The summed E-state index contributed by atoms with van der Waals surface area (Å²) in [6.07, 6.45) is 40.7. The molecule has 0 radical (unpaired) electrons. The number of urea groups is 1. The van der Waals surface area contributed by atoms with Crippen molar-refractivity contribution in [2.24, 2.45) is 0 Å². The monoisotopic (exact) mass is 735 g/mol. The second-order valence-corrected chi connectivity index (χ2v) is 15.5. The minimum Gasteiger partial charge on any atom is -0.354 e. The number of carbonyl (C=O) groups excluding carboxylic acids is 3. The molecule has 0 heterocycles. The molecule has 52 heavy (non-hydrogen) atoms. The summed E-state index contributed by atoms with van der Waals surface area (Å²) in [5, 5.41) is 6.03. The predicted octanol–water partition coefficient (Wildman–Crippen LogP) is 12.5. The van der Waals surface area contributed by atoms with E-state index in [1.54, 1.807) is 9.80 Å². The summed E-state index contributed by atoms with van der Waals surface area (Å²) in [6, 6.07) is -0.0293. The van der Waals surface area contributed by atoms with E-state index < -0.39 is 0 Å². The van der Waals surface area contributed by atoms with Gasteiger partial charge in [0.05, 0.1) is 0 Å². The lowest BCUT2D eigenvalue weighted by molar-refractivity contribution is -0.122. The number of nitrogens with one attached hydrogen (secondary N) is 2. The van der Waals surface area contributed by atoms with Crippen LogP contribution < -0.4 is 10.6 Å². The molecule has 0 rings (SSSR count). The van der Waals surface area contributed by atoms with Gasteiger partial charge in [-0.15, -0.1) is 0 Å². The summed E-state index contributed by atoms with van der Waals surface area (Å²) in [5.74, 6) is 0.171. The lowest BCUT2D eigenvalue weighted by Crippen LogP contribution is -2.48. The largest absolute Gasteiger partial charge is 0.354 e. The number of hydrogen-bond acceptors (Lipinski definition) is 3. The molecule has 308 valence electrons. The maximum absolute atomic E-state index is 13.1. The van der Waals surface area contributed by atoms with E-state index in [1.807, 2.05) is 13.8 Å². The molecule has 0 bridgehead atoms. The van der Waals surface area contributed by atoms with E-state index in [0.717, 1.165) is 25.7 Å². The molecule has 0 aliphatic carbocycles. The van der Waals surface area contributed by atoms with Crippen molar-refractivity contribution < 1.29 is 14.4 Å². The van der Waals surface area contributed by atoms with Crippen molar-refractivity contribution in [1.82, 2.24) is 20.4 Å². The van der Waals surface area contributed by atoms with E-state index >= 15 is 0 Å². The highest BCUT2D eigenvalue weighted by atomic mass is 16.2. The second-order valence-electron chi connectivity index (χ2n) is 15.5. The molecule has 0 atom stereocenters. The molecule has 0 aromatic rings. The fourth-order valence-electron chi connectivity index (χ4n) is 7.13. The van der Waals surface area contributed by atoms with Crippen LogP contribution in [0.4, 0.5) is 4.79 Å². The Labute approximate surface area is 324 Å². The summed E-state index contributed by atoms with van der Waals surface area (Å²) >= 11 is 0. The highest BCUT2D eigenvalue weighted by Crippen LogP contribution is 2.15. The zero-order valence-corrected chi connectivity index (χ0v) is 35.5. The minimum atomic E-state index is -0.0293. The summed E-state index contributed by atoms with van der Waals surface area (Å²) < 4.78 is 0. The van der Waals surface area contributed by atoms with Crippen molar-refractivity contribution in [3.63, 3.8) is 0 Å². The molecule has 0 aromatic carbocycles. The molecule has 7 nitrogen and oxygen atoms in total. The lowest BCUT2D eigenvalue weighted by Gasteiger charge is -2.29. The minimum absolute atomic E-state index is 0.0293. The first kappa shape index (κ1) is 50.2. The second kappa shape index (κ2) is 40.4. The van der Waals surface area contributed by atoms with Gasteiger partial charge in [-0.25, -0.2) is 4.79 Å². The number of amides is 4. The van der Waals surface area contributed by atoms with Gasteiger partial charge in [-0.3, -0.25) is 9.59 Å². The van der Waals surface area contributed by atoms with E-state index in [1.165, 1.54) is 167 Å². The Kier molecular flexibility index (Phi) is 39.0. The van der Waals surface area contributed by atoms with Gasteiger partial charge in [0.25, 0.3) is 0 Å². The number of rotatable bonds is 40. The molecule has 0 aliphatic rings. The van der Waals surface area contributed by atoms with Crippen LogP contribution in [0.5, 0.6) is 0 Å². The number of unbranched alkanes of at least 4 members (excludes halogenated alkanes) is 28. The summed E-state index contributed by atoms with van der Waals surface area (Å²) in [5.41, 5.74) is 0. The van der Waals surface area contributed by atoms with Gasteiger partial charge in [0.2, 0.25) is 11.8 Å². The standard InChI is InChI=1S/C45H90N4O3/c1-5-9-11-13-15-17-19-21-23-25-27-29-31-33-35-37-43(50)46-39-41-48(7-3)45(52)49(8-4)42-40-47-44(51)38-36-34-32-30-28-26-24-22-20-18-16-14-12-10-6-2/h5-42H2,1-4H3,(H,46,50)(H,47,51). The average Bonchev–Trinajstić information content (AvgIpc) is 3.14. The Bertz CT molecular complexity index is 731. The number of likely N-dealkylation sites (N-methyl/N-ethyl adjacent to an activating group) is 2. The molecular formula is C45H90N4O3. The highest BCUT2D eigenvalue weighted by molar-refractivity contribution is 5.77. The van der Waals surface area contributed by atoms with E-state index in [2.05, 4.69) is 24.5 Å². The molecule has 0 unspecified atom stereocenters. The van der Waals surface area contributed by atoms with Crippen LogP contribution in [0.2, 0.25) is 0 Å². The third-order valence-electron chi connectivity index (χ3n) is 10.7. The molecule has 4 amide bonds. The zero-order chi connectivity index (χ0) is 38.2. The third-order valence-corrected chi connectivity index (χ3v) is 10.7. The smallest absolute Gasteiger partial charge is 0.320 e. The first-order valence-corrected chi connectivity index (χ1v) is 23.1. The number of carbonyl (C=O) groups is 3. The maximum atomic E-state index is 13.1. The van der Waals surface area contributed by atoms with Crippen LogP contribution in [0.25, 0.3) is 0 Å². The van der Waals surface area contributed by atoms with Gasteiger partial charge in [0, 0.05) is 52.1 Å². The summed E-state index contributed by atoms with van der Waals surface area (Å²) in [4.78, 5) is 41.5. The van der Waals surface area contributed by atoms with E-state index in [0.29, 0.717) is 52.1 Å². The van der Waals surface area contributed by atoms with E-state index in [-0.39, 0.29) is 17.8 Å². The fraction of sp³-hybridized carbons (Fsp3) is 0.933. The van der Waals surface area contributed by atoms with Crippen molar-refractivity contribution in [2.45, 2.75) is 233 Å². The normalized spacial score (nSPS) is 11.2. The predicted molar refractivity (Wildman–Crippen MR) is 225 cm³/mol. The molecular weight excluding hydrogens is 645 g/mol. The fourth-order valence-corrected chi connectivity index (χ4v) is 7.13. The van der Waals surface area contributed by atoms with Crippen molar-refractivity contribution in [3.8, 4) is 0 Å². The van der Waals surface area contributed by atoms with Crippen LogP contribution in [0.1, 0.15) is 233 Å². The van der Waals surface area contributed by atoms with Crippen LogP contribution >= 0.6 is 0 Å². The molecule has 7 heteroatoms. The number of nitrogens with zero attached hydrogens (tertiary/aromatic N) is 2. The first-order chi connectivity index (χ1) is 25.5. The molecule has 0 fully saturated rings. The highest BCUT2D eigenvalue weighted by Gasteiger charge is 2.18. The van der Waals surface area contributed by atoms with Gasteiger partial charge in [0.15, 0.2) is 0 Å². The van der Waals surface area contributed by atoms with Gasteiger partial charge in [-0.05, 0) is 26.7 Å². The quantitative estimate of drug-likeness (QED) is 0.0615. The Hall–Kier alpha value is -1.79. The van der Waals surface area contributed by atoms with Crippen LogP contribution in [0.3, 0.4) is 0 Å². The number of hydrogen-bond donors (Lipinski definition) is 2. The summed E-state index contributed by atoms with van der Waals surface area (Å²) in [7, 11) is 0. The Morgan fingerprint density at radius 3 is 0.808 bits per heavy atom. The van der Waals surface area contributed by atoms with Gasteiger partial charge in [0.1, 0.15) is 0 Å². The van der Waals surface area contributed by atoms with Crippen molar-refractivity contribution in [3.05, 3.63) is 0 Å². The Morgan fingerprint density at radius 2 is 0.577 bits per heavy atom. The van der Waals surface area contributed by atoms with Crippen molar-refractivity contribution in [1.29, 1.82) is 0 Å². The van der Waals surface area contributed by atoms with Gasteiger partial charge >= 0.3 is 6.03 Å². The Morgan fingerprint density at radius 1 is 0.346 bits per heavy atom. The van der Waals surface area contributed by atoms with E-state index in [4.69, 9.17) is 0 Å². The topological polar surface area (TPSA) is 81.8 Å². The molecule has 0 spiro atoms. The van der Waals surface area contributed by atoms with E-state index in [9.17, 15) is 14.4 Å². The van der Waals surface area contributed by atoms with Crippen molar-refractivity contribution >= 4 is 17.8 Å². The summed E-state index contributed by atoms with van der Waals surface area (Å²) in [6.45, 7) is 11.6. The molecule has 0 saturated carbocycles. The van der Waals surface area contributed by atoms with Crippen LogP contribution in [0, 0.1) is 0 Å². The lowest BCUT2D eigenvalue weighted by atomic mass is 10.0. The first-order valence-electron chi connectivity index (χ1n) is 23.1. The van der Waals surface area contributed by atoms with Crippen LogP contribution in [-0.2, 0) is 9.59 Å². The molecule has 0 aliphatic heterocycles. The van der Waals surface area contributed by atoms with Crippen molar-refractivity contribution in [2.75, 3.05) is 39.3 Å². The van der Waals surface area contributed by atoms with Gasteiger partial charge in [-0.1, -0.05) is 194 Å². The molecule has 0 aromatic heterocycles. The van der Waals surface area contributed by atoms with Gasteiger partial charge in [-0.2, -0.15) is 0 Å². The average molecular weight is 735 g/mol. The third kappa shape index (κ3) is 34.0. The molecule has 0 saturated heterocycles. The van der Waals surface area contributed by atoms with Crippen LogP contribution in [0.15, 0.2) is 0 Å². The maximum Gasteiger partial charge on any atom is 0.320 e. The van der Waals surface area contributed by atoms with Gasteiger partial charge < -0.3 is 20.4 Å². The molecule has 2 N–H and O–H groups in total.